The number of halogens is 2. The average Bonchev–Trinajstić information content (AvgIpc) is 3.17. The van der Waals surface area contributed by atoms with Gasteiger partial charge in [0, 0.05) is 18.7 Å². The van der Waals surface area contributed by atoms with Crippen LogP contribution in [0.25, 0.3) is 16.2 Å². The SMILES string of the molecule is CC1(CN)CCN(c2nn3cc(-c4cccc(Cl)c4Cl)nc3s2)CC1. The summed E-state index contributed by atoms with van der Waals surface area (Å²) in [5.74, 6) is 0. The molecule has 0 radical (unpaired) electrons. The van der Waals surface area contributed by atoms with Crippen molar-refractivity contribution in [2.24, 2.45) is 11.1 Å². The lowest BCUT2D eigenvalue weighted by Crippen LogP contribution is -2.42. The van der Waals surface area contributed by atoms with Gasteiger partial charge in [0.15, 0.2) is 0 Å². The van der Waals surface area contributed by atoms with E-state index in [1.807, 2.05) is 22.8 Å². The number of aromatic nitrogens is 3. The highest BCUT2D eigenvalue weighted by Gasteiger charge is 2.30. The quantitative estimate of drug-likeness (QED) is 0.716. The summed E-state index contributed by atoms with van der Waals surface area (Å²) in [7, 11) is 0. The van der Waals surface area contributed by atoms with Crippen LogP contribution in [0.3, 0.4) is 0 Å². The molecule has 0 atom stereocenters. The van der Waals surface area contributed by atoms with Crippen molar-refractivity contribution in [1.82, 2.24) is 14.6 Å². The van der Waals surface area contributed by atoms with Crippen LogP contribution in [0.5, 0.6) is 0 Å². The maximum Gasteiger partial charge on any atom is 0.214 e. The predicted molar refractivity (Wildman–Crippen MR) is 105 cm³/mol. The molecule has 0 unspecified atom stereocenters. The maximum atomic E-state index is 6.30. The minimum absolute atomic E-state index is 0.254. The first-order valence-electron chi connectivity index (χ1n) is 8.25. The molecule has 0 aliphatic carbocycles. The molecule has 2 aromatic heterocycles. The Kier molecular flexibility index (Phi) is 4.40. The summed E-state index contributed by atoms with van der Waals surface area (Å²) in [6.45, 7) is 4.97. The van der Waals surface area contributed by atoms with Crippen molar-refractivity contribution in [1.29, 1.82) is 0 Å². The number of fused-ring (bicyclic) bond motifs is 1. The standard InChI is InChI=1S/C17H19Cl2N5S/c1-17(10-20)5-7-23(8-6-17)16-22-24-9-13(21-15(24)25-16)11-3-2-4-12(18)14(11)19/h2-4,9H,5-8,10,20H2,1H3. The van der Waals surface area contributed by atoms with E-state index in [0.717, 1.165) is 53.8 Å². The van der Waals surface area contributed by atoms with Crippen LogP contribution in [0.2, 0.25) is 10.0 Å². The Labute approximate surface area is 160 Å². The van der Waals surface area contributed by atoms with Crippen molar-refractivity contribution < 1.29 is 0 Å². The molecule has 5 nitrogen and oxygen atoms in total. The molecule has 1 saturated heterocycles. The number of hydrogen-bond acceptors (Lipinski definition) is 5. The van der Waals surface area contributed by atoms with E-state index >= 15 is 0 Å². The largest absolute Gasteiger partial charge is 0.347 e. The lowest BCUT2D eigenvalue weighted by Gasteiger charge is -2.38. The van der Waals surface area contributed by atoms with Crippen molar-refractivity contribution in [3.05, 3.63) is 34.4 Å². The molecule has 3 heterocycles. The number of rotatable bonds is 3. The maximum absolute atomic E-state index is 6.30. The van der Waals surface area contributed by atoms with E-state index in [1.54, 1.807) is 17.4 Å². The van der Waals surface area contributed by atoms with Crippen molar-refractivity contribution in [2.75, 3.05) is 24.5 Å². The summed E-state index contributed by atoms with van der Waals surface area (Å²) < 4.78 is 1.82. The Hall–Kier alpha value is -1.34. The third-order valence-electron chi connectivity index (χ3n) is 4.99. The Morgan fingerprint density at radius 2 is 2.04 bits per heavy atom. The zero-order valence-electron chi connectivity index (χ0n) is 13.9. The van der Waals surface area contributed by atoms with Crippen LogP contribution >= 0.6 is 34.5 Å². The second-order valence-electron chi connectivity index (χ2n) is 6.84. The zero-order chi connectivity index (χ0) is 17.6. The molecule has 0 spiro atoms. The predicted octanol–water partition coefficient (Wildman–Crippen LogP) is 4.33. The van der Waals surface area contributed by atoms with Gasteiger partial charge >= 0.3 is 0 Å². The molecule has 2 N–H and O–H groups in total. The van der Waals surface area contributed by atoms with Gasteiger partial charge in [-0.25, -0.2) is 9.50 Å². The third kappa shape index (κ3) is 3.12. The third-order valence-corrected chi connectivity index (χ3v) is 6.80. The van der Waals surface area contributed by atoms with E-state index in [0.29, 0.717) is 10.0 Å². The van der Waals surface area contributed by atoms with E-state index in [-0.39, 0.29) is 5.41 Å². The summed E-state index contributed by atoms with van der Waals surface area (Å²) in [5, 5.41) is 6.75. The lowest BCUT2D eigenvalue weighted by molar-refractivity contribution is 0.258. The normalized spacial score (nSPS) is 17.4. The smallest absolute Gasteiger partial charge is 0.214 e. The van der Waals surface area contributed by atoms with E-state index in [9.17, 15) is 0 Å². The topological polar surface area (TPSA) is 59.5 Å². The van der Waals surface area contributed by atoms with Gasteiger partial charge in [-0.2, -0.15) is 0 Å². The van der Waals surface area contributed by atoms with Crippen molar-refractivity contribution in [3.63, 3.8) is 0 Å². The number of benzene rings is 1. The summed E-state index contributed by atoms with van der Waals surface area (Å²) in [6.07, 6.45) is 4.09. The molecule has 1 aromatic carbocycles. The van der Waals surface area contributed by atoms with Crippen molar-refractivity contribution in [2.45, 2.75) is 19.8 Å². The number of nitrogens with two attached hydrogens (primary N) is 1. The number of anilines is 1. The van der Waals surface area contributed by atoms with Gasteiger partial charge in [0.25, 0.3) is 0 Å². The van der Waals surface area contributed by atoms with Crippen LogP contribution in [0.4, 0.5) is 5.13 Å². The number of nitrogens with zero attached hydrogens (tertiary/aromatic N) is 4. The molecule has 4 rings (SSSR count). The fourth-order valence-electron chi connectivity index (χ4n) is 3.09. The zero-order valence-corrected chi connectivity index (χ0v) is 16.2. The Balaban J connectivity index is 1.59. The molecule has 1 aliphatic heterocycles. The lowest BCUT2D eigenvalue weighted by atomic mass is 9.81. The second kappa shape index (κ2) is 6.43. The molecule has 132 valence electrons. The van der Waals surface area contributed by atoms with Crippen LogP contribution in [0.15, 0.2) is 24.4 Å². The fraction of sp³-hybridized carbons (Fsp3) is 0.412. The molecule has 0 bridgehead atoms. The van der Waals surface area contributed by atoms with Gasteiger partial charge in [0.1, 0.15) is 0 Å². The highest BCUT2D eigenvalue weighted by atomic mass is 35.5. The second-order valence-corrected chi connectivity index (χ2v) is 8.56. The minimum atomic E-state index is 0.254. The Bertz CT molecular complexity index is 880. The van der Waals surface area contributed by atoms with Gasteiger partial charge in [-0.3, -0.25) is 0 Å². The van der Waals surface area contributed by atoms with E-state index in [4.69, 9.17) is 34.0 Å². The molecule has 3 aromatic rings. The summed E-state index contributed by atoms with van der Waals surface area (Å²) in [5.41, 5.74) is 7.76. The van der Waals surface area contributed by atoms with Gasteiger partial charge in [-0.15, -0.1) is 5.10 Å². The van der Waals surface area contributed by atoms with Gasteiger partial charge < -0.3 is 10.6 Å². The Morgan fingerprint density at radius 1 is 1.28 bits per heavy atom. The number of imidazole rings is 1. The first-order valence-corrected chi connectivity index (χ1v) is 9.82. The fourth-order valence-corrected chi connectivity index (χ4v) is 4.42. The van der Waals surface area contributed by atoms with Gasteiger partial charge in [0.2, 0.25) is 10.1 Å². The monoisotopic (exact) mass is 395 g/mol. The van der Waals surface area contributed by atoms with Gasteiger partial charge in [0.05, 0.1) is 21.9 Å². The highest BCUT2D eigenvalue weighted by Crippen LogP contribution is 2.36. The van der Waals surface area contributed by atoms with Crippen LogP contribution < -0.4 is 10.6 Å². The molecular weight excluding hydrogens is 377 g/mol. The van der Waals surface area contributed by atoms with Crippen molar-refractivity contribution in [3.8, 4) is 11.3 Å². The minimum Gasteiger partial charge on any atom is -0.347 e. The van der Waals surface area contributed by atoms with Crippen LogP contribution in [-0.4, -0.2) is 34.2 Å². The molecule has 0 amide bonds. The molecule has 8 heteroatoms. The van der Waals surface area contributed by atoms with Crippen LogP contribution in [0.1, 0.15) is 19.8 Å². The van der Waals surface area contributed by atoms with Gasteiger partial charge in [-0.05, 0) is 30.9 Å². The highest BCUT2D eigenvalue weighted by molar-refractivity contribution is 7.20. The first kappa shape index (κ1) is 17.1. The molecule has 1 aliphatic rings. The first-order chi connectivity index (χ1) is 12.0. The van der Waals surface area contributed by atoms with E-state index < -0.39 is 0 Å². The van der Waals surface area contributed by atoms with Crippen molar-refractivity contribution >= 4 is 44.6 Å². The number of piperidine rings is 1. The summed E-state index contributed by atoms with van der Waals surface area (Å²) >= 11 is 14.0. The molecule has 25 heavy (non-hydrogen) atoms. The van der Waals surface area contributed by atoms with Crippen LogP contribution in [0, 0.1) is 5.41 Å². The molecule has 0 saturated carbocycles. The average molecular weight is 396 g/mol. The van der Waals surface area contributed by atoms with E-state index in [1.165, 1.54) is 0 Å². The summed E-state index contributed by atoms with van der Waals surface area (Å²) in [4.78, 5) is 7.85. The number of hydrogen-bond donors (Lipinski definition) is 1. The molecule has 1 fully saturated rings. The van der Waals surface area contributed by atoms with Crippen LogP contribution in [-0.2, 0) is 0 Å². The van der Waals surface area contributed by atoms with Gasteiger partial charge in [-0.1, -0.05) is 53.6 Å². The Morgan fingerprint density at radius 3 is 2.72 bits per heavy atom. The molecular formula is C17H19Cl2N5S. The summed E-state index contributed by atoms with van der Waals surface area (Å²) in [6, 6.07) is 5.56. The van der Waals surface area contributed by atoms with E-state index in [2.05, 4.69) is 16.8 Å².